The Kier molecular flexibility index (Phi) is 2.65. The Morgan fingerprint density at radius 3 is 3.12 bits per heavy atom. The van der Waals surface area contributed by atoms with Gasteiger partial charge < -0.3 is 5.11 Å². The van der Waals surface area contributed by atoms with Crippen molar-refractivity contribution < 1.29 is 5.11 Å². The number of rotatable bonds is 3. The molecule has 3 rings (SSSR count). The zero-order valence-electron chi connectivity index (χ0n) is 9.07. The SMILES string of the molecule is Cc1nnsc1C(O)Cc1cn2ccsc2n1. The van der Waals surface area contributed by atoms with Gasteiger partial charge in [0.25, 0.3) is 0 Å². The van der Waals surface area contributed by atoms with Crippen LogP contribution in [-0.4, -0.2) is 24.1 Å². The third-order valence-corrected chi connectivity index (χ3v) is 4.23. The third-order valence-electron chi connectivity index (χ3n) is 2.53. The van der Waals surface area contributed by atoms with Crippen LogP contribution in [0.5, 0.6) is 0 Å². The monoisotopic (exact) mass is 266 g/mol. The first-order chi connectivity index (χ1) is 8.24. The van der Waals surface area contributed by atoms with Gasteiger partial charge in [-0.2, -0.15) is 0 Å². The average molecular weight is 266 g/mol. The van der Waals surface area contributed by atoms with Crippen molar-refractivity contribution in [3.63, 3.8) is 0 Å². The third kappa shape index (κ3) is 1.97. The molecular formula is C10H10N4OS2. The molecule has 0 radical (unpaired) electrons. The Balaban J connectivity index is 1.83. The molecule has 0 aliphatic carbocycles. The maximum absolute atomic E-state index is 10.1. The van der Waals surface area contributed by atoms with Crippen LogP contribution in [0.15, 0.2) is 17.8 Å². The molecule has 0 fully saturated rings. The van der Waals surface area contributed by atoms with Crippen LogP contribution in [-0.2, 0) is 6.42 Å². The molecule has 1 unspecified atom stereocenters. The lowest BCUT2D eigenvalue weighted by Crippen LogP contribution is -2.01. The molecule has 0 aliphatic rings. The van der Waals surface area contributed by atoms with Crippen molar-refractivity contribution in [2.24, 2.45) is 0 Å². The Morgan fingerprint density at radius 1 is 1.53 bits per heavy atom. The highest BCUT2D eigenvalue weighted by atomic mass is 32.1. The quantitative estimate of drug-likeness (QED) is 0.785. The highest BCUT2D eigenvalue weighted by Gasteiger charge is 2.16. The second-order valence-corrected chi connectivity index (χ2v) is 5.43. The fraction of sp³-hybridized carbons (Fsp3) is 0.300. The van der Waals surface area contributed by atoms with Gasteiger partial charge in [0.2, 0.25) is 0 Å². The Labute approximate surface area is 106 Å². The summed E-state index contributed by atoms with van der Waals surface area (Å²) in [5, 5.41) is 16.0. The highest BCUT2D eigenvalue weighted by Crippen LogP contribution is 2.23. The van der Waals surface area contributed by atoms with Gasteiger partial charge >= 0.3 is 0 Å². The molecule has 0 amide bonds. The minimum atomic E-state index is -0.570. The molecule has 5 nitrogen and oxygen atoms in total. The molecule has 88 valence electrons. The average Bonchev–Trinajstić information content (AvgIpc) is 2.92. The summed E-state index contributed by atoms with van der Waals surface area (Å²) in [7, 11) is 0. The number of aryl methyl sites for hydroxylation is 1. The van der Waals surface area contributed by atoms with Crippen molar-refractivity contribution in [3.8, 4) is 0 Å². The van der Waals surface area contributed by atoms with Gasteiger partial charge in [-0.25, -0.2) is 4.98 Å². The molecule has 0 saturated heterocycles. The number of nitrogens with zero attached hydrogens (tertiary/aromatic N) is 4. The first kappa shape index (κ1) is 10.8. The van der Waals surface area contributed by atoms with Crippen molar-refractivity contribution in [1.82, 2.24) is 19.0 Å². The molecule has 0 spiro atoms. The lowest BCUT2D eigenvalue weighted by Gasteiger charge is -2.05. The number of aliphatic hydroxyl groups is 1. The van der Waals surface area contributed by atoms with E-state index in [0.29, 0.717) is 6.42 Å². The predicted molar refractivity (Wildman–Crippen MR) is 66.4 cm³/mol. The molecule has 17 heavy (non-hydrogen) atoms. The van der Waals surface area contributed by atoms with Gasteiger partial charge in [0.05, 0.1) is 22.4 Å². The maximum Gasteiger partial charge on any atom is 0.193 e. The number of fused-ring (bicyclic) bond motifs is 1. The maximum atomic E-state index is 10.1. The van der Waals surface area contributed by atoms with E-state index in [0.717, 1.165) is 21.2 Å². The molecular weight excluding hydrogens is 256 g/mol. The summed E-state index contributed by atoms with van der Waals surface area (Å²) >= 11 is 2.83. The summed E-state index contributed by atoms with van der Waals surface area (Å²) in [6, 6.07) is 0. The number of hydrogen-bond donors (Lipinski definition) is 1. The van der Waals surface area contributed by atoms with E-state index in [9.17, 15) is 5.11 Å². The Morgan fingerprint density at radius 2 is 2.41 bits per heavy atom. The Hall–Kier alpha value is -1.31. The van der Waals surface area contributed by atoms with Gasteiger partial charge in [0.1, 0.15) is 0 Å². The van der Waals surface area contributed by atoms with E-state index in [1.807, 2.05) is 29.1 Å². The van der Waals surface area contributed by atoms with E-state index in [-0.39, 0.29) is 0 Å². The van der Waals surface area contributed by atoms with E-state index >= 15 is 0 Å². The van der Waals surface area contributed by atoms with Gasteiger partial charge in [-0.05, 0) is 18.5 Å². The number of aromatic nitrogens is 4. The van der Waals surface area contributed by atoms with Gasteiger partial charge in [0.15, 0.2) is 4.96 Å². The zero-order chi connectivity index (χ0) is 11.8. The topological polar surface area (TPSA) is 63.3 Å². The van der Waals surface area contributed by atoms with Crippen LogP contribution in [0, 0.1) is 6.92 Å². The van der Waals surface area contributed by atoms with Crippen LogP contribution in [0.4, 0.5) is 0 Å². The summed E-state index contributed by atoms with van der Waals surface area (Å²) in [5.74, 6) is 0. The van der Waals surface area contributed by atoms with Crippen molar-refractivity contribution in [2.75, 3.05) is 0 Å². The largest absolute Gasteiger partial charge is 0.387 e. The van der Waals surface area contributed by atoms with Crippen LogP contribution >= 0.6 is 22.9 Å². The van der Waals surface area contributed by atoms with E-state index < -0.39 is 6.10 Å². The van der Waals surface area contributed by atoms with Gasteiger partial charge in [-0.15, -0.1) is 16.4 Å². The second kappa shape index (κ2) is 4.17. The van der Waals surface area contributed by atoms with Gasteiger partial charge in [0, 0.05) is 24.2 Å². The second-order valence-electron chi connectivity index (χ2n) is 3.77. The number of hydrogen-bond acceptors (Lipinski definition) is 6. The zero-order valence-corrected chi connectivity index (χ0v) is 10.7. The molecule has 0 aromatic carbocycles. The minimum Gasteiger partial charge on any atom is -0.387 e. The van der Waals surface area contributed by atoms with Crippen molar-refractivity contribution in [3.05, 3.63) is 34.0 Å². The molecule has 3 aromatic heterocycles. The van der Waals surface area contributed by atoms with Crippen molar-refractivity contribution >= 4 is 27.8 Å². The number of imidazole rings is 1. The lowest BCUT2D eigenvalue weighted by atomic mass is 10.1. The van der Waals surface area contributed by atoms with Gasteiger partial charge in [-0.3, -0.25) is 4.40 Å². The smallest absolute Gasteiger partial charge is 0.193 e. The summed E-state index contributed by atoms with van der Waals surface area (Å²) in [6.07, 6.45) is 3.83. The first-order valence-corrected chi connectivity index (χ1v) is 6.77. The van der Waals surface area contributed by atoms with E-state index in [1.165, 1.54) is 11.5 Å². The molecule has 1 N–H and O–H groups in total. The highest BCUT2D eigenvalue weighted by molar-refractivity contribution is 7.15. The molecule has 0 aliphatic heterocycles. The summed E-state index contributed by atoms with van der Waals surface area (Å²) < 4.78 is 5.79. The summed E-state index contributed by atoms with van der Waals surface area (Å²) in [4.78, 5) is 6.21. The summed E-state index contributed by atoms with van der Waals surface area (Å²) in [5.41, 5.74) is 1.68. The Bertz CT molecular complexity index is 613. The van der Waals surface area contributed by atoms with Crippen LogP contribution in [0.25, 0.3) is 4.96 Å². The molecule has 3 aromatic rings. The van der Waals surface area contributed by atoms with Crippen LogP contribution in [0.1, 0.15) is 22.4 Å². The molecule has 0 saturated carbocycles. The van der Waals surface area contributed by atoms with E-state index in [1.54, 1.807) is 11.3 Å². The normalized spacial score (nSPS) is 13.3. The van der Waals surface area contributed by atoms with Crippen LogP contribution in [0.2, 0.25) is 0 Å². The molecule has 7 heteroatoms. The number of aliphatic hydroxyl groups excluding tert-OH is 1. The van der Waals surface area contributed by atoms with Crippen LogP contribution < -0.4 is 0 Å². The minimum absolute atomic E-state index is 0.499. The molecule has 1 atom stereocenters. The van der Waals surface area contributed by atoms with Crippen molar-refractivity contribution in [1.29, 1.82) is 0 Å². The molecule has 3 heterocycles. The number of thiazole rings is 1. The van der Waals surface area contributed by atoms with E-state index in [4.69, 9.17) is 0 Å². The standard InChI is InChI=1S/C10H10N4OS2/c1-6-9(17-13-12-6)8(15)4-7-5-14-2-3-16-10(14)11-7/h2-3,5,8,15H,4H2,1H3. The lowest BCUT2D eigenvalue weighted by molar-refractivity contribution is 0.180. The molecule has 0 bridgehead atoms. The predicted octanol–water partition coefficient (Wildman–Crippen LogP) is 1.83. The summed E-state index contributed by atoms with van der Waals surface area (Å²) in [6.45, 7) is 1.85. The van der Waals surface area contributed by atoms with Crippen LogP contribution in [0.3, 0.4) is 0 Å². The first-order valence-electron chi connectivity index (χ1n) is 5.12. The van der Waals surface area contributed by atoms with E-state index in [2.05, 4.69) is 14.6 Å². The van der Waals surface area contributed by atoms with Crippen molar-refractivity contribution in [2.45, 2.75) is 19.4 Å². The fourth-order valence-corrected chi connectivity index (χ4v) is 3.06. The fourth-order valence-electron chi connectivity index (χ4n) is 1.71. The van der Waals surface area contributed by atoms with Gasteiger partial charge in [-0.1, -0.05) is 4.49 Å².